The van der Waals surface area contributed by atoms with Crippen molar-refractivity contribution in [2.24, 2.45) is 11.8 Å². The molecule has 3 saturated heterocycles. The first-order chi connectivity index (χ1) is 18.7. The van der Waals surface area contributed by atoms with Crippen molar-refractivity contribution in [2.45, 2.75) is 74.8 Å². The summed E-state index contributed by atoms with van der Waals surface area (Å²) in [6.45, 7) is 14.1. The Morgan fingerprint density at radius 2 is 1.87 bits per heavy atom. The van der Waals surface area contributed by atoms with Crippen molar-refractivity contribution in [1.29, 1.82) is 0 Å². The molecule has 39 heavy (non-hydrogen) atoms. The van der Waals surface area contributed by atoms with Crippen LogP contribution in [0.3, 0.4) is 0 Å². The maximum absolute atomic E-state index is 14.3. The molecule has 3 unspecified atom stereocenters. The predicted octanol–water partition coefficient (Wildman–Crippen LogP) is 3.14. The Balaban J connectivity index is 1.78. The van der Waals surface area contributed by atoms with Gasteiger partial charge in [-0.15, -0.1) is 13.2 Å². The number of likely N-dealkylation sites (tertiary alicyclic amines) is 1. The van der Waals surface area contributed by atoms with Gasteiger partial charge < -0.3 is 24.5 Å². The first-order valence-electron chi connectivity index (χ1n) is 13.8. The van der Waals surface area contributed by atoms with Gasteiger partial charge in [0.05, 0.1) is 30.6 Å². The van der Waals surface area contributed by atoms with Gasteiger partial charge >= 0.3 is 0 Å². The monoisotopic (exact) mass is 601 g/mol. The van der Waals surface area contributed by atoms with E-state index in [2.05, 4.69) is 29.1 Å². The number of fused-ring (bicyclic) bond motifs is 1. The summed E-state index contributed by atoms with van der Waals surface area (Å²) in [5, 5.41) is 10.3. The fourth-order valence-electron chi connectivity index (χ4n) is 6.69. The lowest BCUT2D eigenvalue weighted by atomic mass is 9.70. The summed E-state index contributed by atoms with van der Waals surface area (Å²) < 4.78 is 6.65. The number of aliphatic hydroxyl groups is 1. The highest BCUT2D eigenvalue weighted by Gasteiger charge is 2.77. The largest absolute Gasteiger partial charge is 0.394 e. The predicted molar refractivity (Wildman–Crippen MR) is 153 cm³/mol. The molecule has 3 aliphatic heterocycles. The van der Waals surface area contributed by atoms with Gasteiger partial charge in [0.15, 0.2) is 0 Å². The van der Waals surface area contributed by atoms with Crippen LogP contribution in [0.4, 0.5) is 0 Å². The van der Waals surface area contributed by atoms with Crippen molar-refractivity contribution >= 4 is 33.7 Å². The second kappa shape index (κ2) is 11.9. The number of amides is 3. The molecular formula is C30H40BrN3O5. The van der Waals surface area contributed by atoms with E-state index in [0.29, 0.717) is 32.5 Å². The van der Waals surface area contributed by atoms with Gasteiger partial charge in [0.25, 0.3) is 0 Å². The van der Waals surface area contributed by atoms with Gasteiger partial charge in [0, 0.05) is 30.5 Å². The number of alkyl halides is 1. The molecule has 1 spiro atoms. The Morgan fingerprint density at radius 3 is 2.44 bits per heavy atom. The zero-order chi connectivity index (χ0) is 28.5. The molecule has 9 heteroatoms. The number of nitrogens with zero attached hydrogens (tertiary/aromatic N) is 3. The van der Waals surface area contributed by atoms with Crippen LogP contribution >= 0.6 is 15.9 Å². The fraction of sp³-hybridized carbons (Fsp3) is 0.567. The lowest BCUT2D eigenvalue weighted by molar-refractivity contribution is -0.152. The smallest absolute Gasteiger partial charge is 0.248 e. The highest BCUT2D eigenvalue weighted by molar-refractivity contribution is 9.09. The van der Waals surface area contributed by atoms with Crippen LogP contribution in [-0.4, -0.2) is 91.9 Å². The molecule has 7 atom stereocenters. The minimum atomic E-state index is -1.17. The quantitative estimate of drug-likeness (QED) is 0.294. The molecule has 3 amide bonds. The summed E-state index contributed by atoms with van der Waals surface area (Å²) in [5.41, 5.74) is -0.200. The van der Waals surface area contributed by atoms with Crippen molar-refractivity contribution in [3.05, 3.63) is 61.2 Å². The maximum Gasteiger partial charge on any atom is 0.248 e. The molecule has 3 fully saturated rings. The third-order valence-corrected chi connectivity index (χ3v) is 9.28. The van der Waals surface area contributed by atoms with Gasteiger partial charge in [0.2, 0.25) is 17.7 Å². The van der Waals surface area contributed by atoms with Crippen molar-refractivity contribution in [2.75, 3.05) is 19.7 Å². The minimum Gasteiger partial charge on any atom is -0.394 e. The Bertz CT molecular complexity index is 1090. The standard InChI is InChI=1S/C30H40BrN3O5/c1-6-14-32(17-20-12-10-9-11-13-20)27(36)23-24-28(37)34(21(8-3)18-35)26(29(38)33(15-7-2)19(4)5)30(24)16-22(31)25(23)39-30/h6-7,9-13,19,21-26,35H,1-2,8,14-18H2,3-5H3/t21-,22?,23-,24-,25-,26?,30?/m0/s1. The number of benzene rings is 1. The van der Waals surface area contributed by atoms with Crippen LogP contribution in [0, 0.1) is 11.8 Å². The maximum atomic E-state index is 14.3. The number of carbonyl (C=O) groups excluding carboxylic acids is 3. The van der Waals surface area contributed by atoms with E-state index in [0.717, 1.165) is 5.56 Å². The molecule has 3 heterocycles. The van der Waals surface area contributed by atoms with Crippen LogP contribution in [-0.2, 0) is 25.7 Å². The molecule has 2 bridgehead atoms. The highest BCUT2D eigenvalue weighted by Crippen LogP contribution is 2.61. The van der Waals surface area contributed by atoms with Gasteiger partial charge in [-0.2, -0.15) is 0 Å². The first kappa shape index (κ1) is 29.5. The third kappa shape index (κ3) is 4.98. The Labute approximate surface area is 239 Å². The van der Waals surface area contributed by atoms with E-state index in [1.165, 1.54) is 4.90 Å². The lowest BCUT2D eigenvalue weighted by Crippen LogP contribution is -2.60. The Morgan fingerprint density at radius 1 is 1.21 bits per heavy atom. The molecule has 0 saturated carbocycles. The second-order valence-corrected chi connectivity index (χ2v) is 12.2. The number of aliphatic hydroxyl groups excluding tert-OH is 1. The van der Waals surface area contributed by atoms with Crippen molar-refractivity contribution in [3.8, 4) is 0 Å². The normalized spacial score (nSPS) is 29.8. The second-order valence-electron chi connectivity index (χ2n) is 11.0. The van der Waals surface area contributed by atoms with Crippen molar-refractivity contribution < 1.29 is 24.2 Å². The van der Waals surface area contributed by atoms with E-state index >= 15 is 0 Å². The SMILES string of the molecule is C=CCN(Cc1ccccc1)C(=O)[C@H]1[C@H]2C(=O)N([C@@H](CC)CO)C(C(=O)N(CC=C)C(C)C)C23CC(Br)[C@@H]1O3. The van der Waals surface area contributed by atoms with E-state index < -0.39 is 35.6 Å². The summed E-state index contributed by atoms with van der Waals surface area (Å²) in [7, 11) is 0. The number of rotatable bonds is 12. The van der Waals surface area contributed by atoms with Crippen LogP contribution in [0.5, 0.6) is 0 Å². The van der Waals surface area contributed by atoms with E-state index in [-0.39, 0.29) is 35.2 Å². The summed E-state index contributed by atoms with van der Waals surface area (Å²) in [4.78, 5) is 47.5. The highest BCUT2D eigenvalue weighted by atomic mass is 79.9. The third-order valence-electron chi connectivity index (χ3n) is 8.43. The number of halogens is 1. The molecular weight excluding hydrogens is 562 g/mol. The van der Waals surface area contributed by atoms with Crippen LogP contribution in [0.2, 0.25) is 0 Å². The molecule has 212 valence electrons. The molecule has 1 aromatic rings. The molecule has 0 aliphatic carbocycles. The van der Waals surface area contributed by atoms with Gasteiger partial charge in [0.1, 0.15) is 11.6 Å². The van der Waals surface area contributed by atoms with Gasteiger partial charge in [-0.25, -0.2) is 0 Å². The molecule has 4 rings (SSSR count). The minimum absolute atomic E-state index is 0.137. The lowest BCUT2D eigenvalue weighted by Gasteiger charge is -2.40. The molecule has 0 aromatic heterocycles. The number of hydrogen-bond acceptors (Lipinski definition) is 5. The zero-order valence-corrected chi connectivity index (χ0v) is 24.6. The van der Waals surface area contributed by atoms with Crippen LogP contribution in [0.25, 0.3) is 0 Å². The van der Waals surface area contributed by atoms with Gasteiger partial charge in [-0.3, -0.25) is 14.4 Å². The van der Waals surface area contributed by atoms with Crippen molar-refractivity contribution in [3.63, 3.8) is 0 Å². The van der Waals surface area contributed by atoms with Crippen LogP contribution < -0.4 is 0 Å². The summed E-state index contributed by atoms with van der Waals surface area (Å²) >= 11 is 3.74. The van der Waals surface area contributed by atoms with E-state index in [1.807, 2.05) is 51.1 Å². The average Bonchev–Trinajstić information content (AvgIpc) is 3.51. The Kier molecular flexibility index (Phi) is 9.03. The molecule has 1 N–H and O–H groups in total. The summed E-state index contributed by atoms with van der Waals surface area (Å²) in [6, 6.07) is 8.04. The number of ether oxygens (including phenoxy) is 1. The van der Waals surface area contributed by atoms with Gasteiger partial charge in [-0.05, 0) is 32.3 Å². The molecule has 3 aliphatic rings. The molecule has 0 radical (unpaired) electrons. The van der Waals surface area contributed by atoms with E-state index in [1.54, 1.807) is 22.0 Å². The summed E-state index contributed by atoms with van der Waals surface area (Å²) in [6.07, 6.45) is 3.69. The van der Waals surface area contributed by atoms with Crippen molar-refractivity contribution in [1.82, 2.24) is 14.7 Å². The van der Waals surface area contributed by atoms with E-state index in [4.69, 9.17) is 4.74 Å². The van der Waals surface area contributed by atoms with E-state index in [9.17, 15) is 19.5 Å². The molecule has 1 aromatic carbocycles. The molecule has 8 nitrogen and oxygen atoms in total. The zero-order valence-electron chi connectivity index (χ0n) is 23.0. The average molecular weight is 603 g/mol. The van der Waals surface area contributed by atoms with Crippen LogP contribution in [0.1, 0.15) is 39.2 Å². The first-order valence-corrected chi connectivity index (χ1v) is 14.7. The van der Waals surface area contributed by atoms with Gasteiger partial charge in [-0.1, -0.05) is 65.3 Å². The topological polar surface area (TPSA) is 90.4 Å². The summed E-state index contributed by atoms with van der Waals surface area (Å²) in [5.74, 6) is -2.31. The Hall–Kier alpha value is -2.49. The fourth-order valence-corrected chi connectivity index (χ4v) is 7.63. The number of carbonyl (C=O) groups is 3. The van der Waals surface area contributed by atoms with Crippen LogP contribution in [0.15, 0.2) is 55.6 Å². The number of hydrogen-bond donors (Lipinski definition) is 1.